The standard InChI is InChI=1S/C14H22N2O/c1-3-11-6-4-5-7-13(11)17-14-10(2)8-12(15)9-16-14/h8-9,11,13H,3-7,15H2,1-2H3. The van der Waals surface area contributed by atoms with Crippen LogP contribution in [-0.4, -0.2) is 11.1 Å². The summed E-state index contributed by atoms with van der Waals surface area (Å²) >= 11 is 0. The zero-order valence-electron chi connectivity index (χ0n) is 10.8. The molecule has 2 rings (SSSR count). The molecule has 3 heteroatoms. The highest BCUT2D eigenvalue weighted by atomic mass is 16.5. The first-order valence-corrected chi connectivity index (χ1v) is 6.59. The number of pyridine rings is 1. The lowest BCUT2D eigenvalue weighted by Gasteiger charge is -2.31. The van der Waals surface area contributed by atoms with Crippen LogP contribution in [0.1, 0.15) is 44.6 Å². The summed E-state index contributed by atoms with van der Waals surface area (Å²) < 4.78 is 6.08. The topological polar surface area (TPSA) is 48.1 Å². The van der Waals surface area contributed by atoms with Gasteiger partial charge in [0.15, 0.2) is 0 Å². The van der Waals surface area contributed by atoms with E-state index >= 15 is 0 Å². The smallest absolute Gasteiger partial charge is 0.216 e. The Bertz CT molecular complexity index is 378. The van der Waals surface area contributed by atoms with Crippen LogP contribution in [0.15, 0.2) is 12.3 Å². The molecule has 3 nitrogen and oxygen atoms in total. The highest BCUT2D eigenvalue weighted by molar-refractivity contribution is 5.41. The zero-order valence-corrected chi connectivity index (χ0v) is 10.8. The Morgan fingerprint density at radius 1 is 1.41 bits per heavy atom. The predicted octanol–water partition coefficient (Wildman–Crippen LogP) is 3.32. The second-order valence-electron chi connectivity index (χ2n) is 5.00. The van der Waals surface area contributed by atoms with Crippen LogP contribution in [0.25, 0.3) is 0 Å². The maximum atomic E-state index is 6.08. The van der Waals surface area contributed by atoms with E-state index in [0.29, 0.717) is 17.7 Å². The quantitative estimate of drug-likeness (QED) is 0.872. The number of nitrogen functional groups attached to an aromatic ring is 1. The van der Waals surface area contributed by atoms with Crippen molar-refractivity contribution in [1.82, 2.24) is 4.98 Å². The number of hydrogen-bond donors (Lipinski definition) is 1. The van der Waals surface area contributed by atoms with E-state index in [1.54, 1.807) is 6.20 Å². The number of nitrogens with two attached hydrogens (primary N) is 1. The molecule has 1 aliphatic carbocycles. The average Bonchev–Trinajstić information content (AvgIpc) is 2.33. The third-order valence-electron chi connectivity index (χ3n) is 3.68. The molecule has 1 aromatic heterocycles. The van der Waals surface area contributed by atoms with Crippen LogP contribution in [0.2, 0.25) is 0 Å². The van der Waals surface area contributed by atoms with Gasteiger partial charge in [-0.2, -0.15) is 0 Å². The number of rotatable bonds is 3. The van der Waals surface area contributed by atoms with Gasteiger partial charge < -0.3 is 10.5 Å². The summed E-state index contributed by atoms with van der Waals surface area (Å²) in [5.74, 6) is 1.44. The fourth-order valence-electron chi connectivity index (χ4n) is 2.65. The second kappa shape index (κ2) is 5.39. The van der Waals surface area contributed by atoms with Crippen molar-refractivity contribution < 1.29 is 4.74 Å². The van der Waals surface area contributed by atoms with E-state index in [1.165, 1.54) is 25.7 Å². The van der Waals surface area contributed by atoms with Gasteiger partial charge in [-0.05, 0) is 44.6 Å². The third-order valence-corrected chi connectivity index (χ3v) is 3.68. The van der Waals surface area contributed by atoms with E-state index in [1.807, 2.05) is 13.0 Å². The molecule has 2 atom stereocenters. The van der Waals surface area contributed by atoms with E-state index in [-0.39, 0.29) is 0 Å². The molecule has 0 radical (unpaired) electrons. The Morgan fingerprint density at radius 3 is 2.88 bits per heavy atom. The van der Waals surface area contributed by atoms with E-state index in [4.69, 9.17) is 10.5 Å². The summed E-state index contributed by atoms with van der Waals surface area (Å²) in [6, 6.07) is 1.92. The molecule has 0 saturated heterocycles. The van der Waals surface area contributed by atoms with Crippen molar-refractivity contribution in [3.8, 4) is 5.88 Å². The molecule has 17 heavy (non-hydrogen) atoms. The highest BCUT2D eigenvalue weighted by Gasteiger charge is 2.25. The van der Waals surface area contributed by atoms with Crippen molar-refractivity contribution in [3.05, 3.63) is 17.8 Å². The van der Waals surface area contributed by atoms with Gasteiger partial charge in [0.2, 0.25) is 5.88 Å². The normalized spacial score (nSPS) is 24.6. The molecule has 94 valence electrons. The van der Waals surface area contributed by atoms with Crippen molar-refractivity contribution in [3.63, 3.8) is 0 Å². The number of aromatic nitrogens is 1. The van der Waals surface area contributed by atoms with E-state index in [2.05, 4.69) is 11.9 Å². The number of anilines is 1. The first-order valence-electron chi connectivity index (χ1n) is 6.59. The Hall–Kier alpha value is -1.25. The first kappa shape index (κ1) is 12.2. The first-order chi connectivity index (χ1) is 8.20. The van der Waals surface area contributed by atoms with Crippen molar-refractivity contribution in [2.45, 2.75) is 52.1 Å². The van der Waals surface area contributed by atoms with Crippen molar-refractivity contribution in [2.24, 2.45) is 5.92 Å². The fourth-order valence-corrected chi connectivity index (χ4v) is 2.65. The van der Waals surface area contributed by atoms with E-state index in [9.17, 15) is 0 Å². The van der Waals surface area contributed by atoms with Gasteiger partial charge in [-0.1, -0.05) is 13.3 Å². The Balaban J connectivity index is 2.08. The molecule has 1 heterocycles. The fraction of sp³-hybridized carbons (Fsp3) is 0.643. The van der Waals surface area contributed by atoms with Gasteiger partial charge in [0.25, 0.3) is 0 Å². The molecule has 0 spiro atoms. The summed E-state index contributed by atoms with van der Waals surface area (Å²) in [4.78, 5) is 4.29. The van der Waals surface area contributed by atoms with E-state index in [0.717, 1.165) is 17.9 Å². The number of nitrogens with zero attached hydrogens (tertiary/aromatic N) is 1. The lowest BCUT2D eigenvalue weighted by Crippen LogP contribution is -2.30. The minimum Gasteiger partial charge on any atom is -0.474 e. The summed E-state index contributed by atoms with van der Waals surface area (Å²) in [6.07, 6.45) is 8.26. The Labute approximate surface area is 103 Å². The minimum absolute atomic E-state index is 0.337. The zero-order chi connectivity index (χ0) is 12.3. The van der Waals surface area contributed by atoms with Crippen LogP contribution in [0.4, 0.5) is 5.69 Å². The molecule has 1 saturated carbocycles. The molecular weight excluding hydrogens is 212 g/mol. The van der Waals surface area contributed by atoms with Gasteiger partial charge in [-0.3, -0.25) is 0 Å². The van der Waals surface area contributed by atoms with Crippen molar-refractivity contribution in [1.29, 1.82) is 0 Å². The van der Waals surface area contributed by atoms with Gasteiger partial charge >= 0.3 is 0 Å². The largest absolute Gasteiger partial charge is 0.474 e. The average molecular weight is 234 g/mol. The number of ether oxygens (including phenoxy) is 1. The van der Waals surface area contributed by atoms with Crippen LogP contribution in [0.5, 0.6) is 5.88 Å². The van der Waals surface area contributed by atoms with Gasteiger partial charge in [0.05, 0.1) is 11.9 Å². The minimum atomic E-state index is 0.337. The molecule has 0 amide bonds. The molecular formula is C14H22N2O. The molecule has 2 unspecified atom stereocenters. The summed E-state index contributed by atoms with van der Waals surface area (Å²) in [7, 11) is 0. The summed E-state index contributed by atoms with van der Waals surface area (Å²) in [6.45, 7) is 4.25. The van der Waals surface area contributed by atoms with Crippen LogP contribution in [-0.2, 0) is 0 Å². The highest BCUT2D eigenvalue weighted by Crippen LogP contribution is 2.30. The Morgan fingerprint density at radius 2 is 2.18 bits per heavy atom. The van der Waals surface area contributed by atoms with Crippen LogP contribution in [0.3, 0.4) is 0 Å². The summed E-state index contributed by atoms with van der Waals surface area (Å²) in [5.41, 5.74) is 7.43. The van der Waals surface area contributed by atoms with Crippen LogP contribution >= 0.6 is 0 Å². The maximum absolute atomic E-state index is 6.08. The van der Waals surface area contributed by atoms with Crippen molar-refractivity contribution in [2.75, 3.05) is 5.73 Å². The van der Waals surface area contributed by atoms with Gasteiger partial charge in [0, 0.05) is 5.56 Å². The van der Waals surface area contributed by atoms with Crippen LogP contribution in [0, 0.1) is 12.8 Å². The van der Waals surface area contributed by atoms with Gasteiger partial charge in [0.1, 0.15) is 6.10 Å². The molecule has 2 N–H and O–H groups in total. The predicted molar refractivity (Wildman–Crippen MR) is 70.1 cm³/mol. The van der Waals surface area contributed by atoms with Crippen molar-refractivity contribution >= 4 is 5.69 Å². The molecule has 0 aromatic carbocycles. The van der Waals surface area contributed by atoms with Gasteiger partial charge in [-0.25, -0.2) is 4.98 Å². The van der Waals surface area contributed by atoms with Crippen LogP contribution < -0.4 is 10.5 Å². The molecule has 0 aliphatic heterocycles. The molecule has 0 bridgehead atoms. The Kier molecular flexibility index (Phi) is 3.87. The van der Waals surface area contributed by atoms with Gasteiger partial charge in [-0.15, -0.1) is 0 Å². The monoisotopic (exact) mass is 234 g/mol. The lowest BCUT2D eigenvalue weighted by molar-refractivity contribution is 0.0851. The maximum Gasteiger partial charge on any atom is 0.216 e. The second-order valence-corrected chi connectivity index (χ2v) is 5.00. The lowest BCUT2D eigenvalue weighted by atomic mass is 9.85. The molecule has 1 aromatic rings. The SMILES string of the molecule is CCC1CCCCC1Oc1ncc(N)cc1C. The summed E-state index contributed by atoms with van der Waals surface area (Å²) in [5, 5.41) is 0. The number of hydrogen-bond acceptors (Lipinski definition) is 3. The molecule has 1 aliphatic rings. The number of aryl methyl sites for hydroxylation is 1. The third kappa shape index (κ3) is 2.90. The van der Waals surface area contributed by atoms with E-state index < -0.39 is 0 Å². The molecule has 1 fully saturated rings.